The van der Waals surface area contributed by atoms with Crippen molar-refractivity contribution < 1.29 is 19.1 Å². The number of carbonyl (C=O) groups excluding carboxylic acids is 2. The smallest absolute Gasteiger partial charge is 0.411 e. The molecule has 3 rings (SSSR count). The first-order valence-electron chi connectivity index (χ1n) is 9.81. The first kappa shape index (κ1) is 20.2. The number of nitrogens with zero attached hydrogens (tertiary/aromatic N) is 1. The molecule has 1 amide bonds. The second kappa shape index (κ2) is 8.21. The molecule has 0 unspecified atom stereocenters. The van der Waals surface area contributed by atoms with Crippen LogP contribution in [0.3, 0.4) is 0 Å². The number of likely N-dealkylation sites (tertiary alicyclic amines) is 1. The van der Waals surface area contributed by atoms with E-state index in [1.54, 1.807) is 4.90 Å². The van der Waals surface area contributed by atoms with Crippen LogP contribution in [0.5, 0.6) is 0 Å². The van der Waals surface area contributed by atoms with Crippen molar-refractivity contribution in [3.63, 3.8) is 0 Å². The largest absolute Gasteiger partial charge is 0.467 e. The predicted octanol–water partition coefficient (Wildman–Crippen LogP) is 4.59. The number of methoxy groups -OCH3 is 1. The lowest BCUT2D eigenvalue weighted by molar-refractivity contribution is -0.146. The van der Waals surface area contributed by atoms with Crippen molar-refractivity contribution in [3.8, 4) is 0 Å². The van der Waals surface area contributed by atoms with Gasteiger partial charge in [-0.2, -0.15) is 0 Å². The van der Waals surface area contributed by atoms with Crippen LogP contribution in [0, 0.1) is 5.92 Å². The van der Waals surface area contributed by atoms with E-state index in [1.165, 1.54) is 12.7 Å². The molecule has 3 atom stereocenters. The van der Waals surface area contributed by atoms with E-state index in [1.807, 2.05) is 39.0 Å². The maximum absolute atomic E-state index is 12.9. The Hall–Kier alpha value is -2.56. The molecular weight excluding hydrogens is 354 g/mol. The van der Waals surface area contributed by atoms with Gasteiger partial charge in [0.25, 0.3) is 0 Å². The summed E-state index contributed by atoms with van der Waals surface area (Å²) >= 11 is 0. The summed E-state index contributed by atoms with van der Waals surface area (Å²) < 4.78 is 10.6. The Bertz CT molecular complexity index is 776. The predicted molar refractivity (Wildman–Crippen MR) is 109 cm³/mol. The Morgan fingerprint density at radius 3 is 2.50 bits per heavy atom. The van der Waals surface area contributed by atoms with Crippen LogP contribution >= 0.6 is 0 Å². The van der Waals surface area contributed by atoms with Gasteiger partial charge in [0.1, 0.15) is 11.6 Å². The van der Waals surface area contributed by atoms with Gasteiger partial charge in [-0.3, -0.25) is 4.90 Å². The maximum atomic E-state index is 12.9. The number of amides is 1. The molecule has 1 aromatic carbocycles. The highest BCUT2D eigenvalue weighted by molar-refractivity contribution is 5.83. The van der Waals surface area contributed by atoms with Gasteiger partial charge in [-0.1, -0.05) is 48.6 Å². The second-order valence-corrected chi connectivity index (χ2v) is 8.44. The van der Waals surface area contributed by atoms with E-state index in [4.69, 9.17) is 9.47 Å². The minimum atomic E-state index is -0.621. The molecule has 0 saturated carbocycles. The third kappa shape index (κ3) is 4.64. The summed E-state index contributed by atoms with van der Waals surface area (Å²) in [5, 5.41) is 0. The van der Waals surface area contributed by atoms with Crippen LogP contribution in [-0.4, -0.2) is 41.8 Å². The highest BCUT2D eigenvalue weighted by Crippen LogP contribution is 2.40. The van der Waals surface area contributed by atoms with Crippen molar-refractivity contribution in [1.29, 1.82) is 0 Å². The number of carbonyl (C=O) groups is 2. The molecule has 0 N–H and O–H groups in total. The van der Waals surface area contributed by atoms with Gasteiger partial charge in [0.2, 0.25) is 0 Å². The molecule has 1 aliphatic carbocycles. The third-order valence-corrected chi connectivity index (χ3v) is 5.22. The molecule has 1 aliphatic heterocycles. The van der Waals surface area contributed by atoms with E-state index < -0.39 is 17.7 Å². The molecule has 2 aliphatic rings. The molecule has 0 radical (unpaired) electrons. The first-order chi connectivity index (χ1) is 13.3. The average Bonchev–Trinajstić information content (AvgIpc) is 3.04. The summed E-state index contributed by atoms with van der Waals surface area (Å²) in [4.78, 5) is 26.8. The summed E-state index contributed by atoms with van der Waals surface area (Å²) in [6, 6.07) is 9.37. The highest BCUT2D eigenvalue weighted by Gasteiger charge is 2.48. The van der Waals surface area contributed by atoms with Crippen LogP contribution in [-0.2, 0) is 14.3 Å². The van der Waals surface area contributed by atoms with Gasteiger partial charge in [-0.15, -0.1) is 0 Å². The lowest BCUT2D eigenvalue weighted by Crippen LogP contribution is -2.48. The number of fused-ring (bicyclic) bond motifs is 1. The number of allylic oxidation sites excluding steroid dienone is 2. The van der Waals surface area contributed by atoms with E-state index in [0.717, 1.165) is 18.4 Å². The van der Waals surface area contributed by atoms with Crippen molar-refractivity contribution in [3.05, 3.63) is 53.6 Å². The minimum absolute atomic E-state index is 0.150. The summed E-state index contributed by atoms with van der Waals surface area (Å²) in [6.45, 7) is 5.49. The van der Waals surface area contributed by atoms with Gasteiger partial charge in [-0.25, -0.2) is 9.59 Å². The van der Waals surface area contributed by atoms with Crippen molar-refractivity contribution in [2.45, 2.75) is 57.7 Å². The Morgan fingerprint density at radius 2 is 1.86 bits per heavy atom. The zero-order valence-electron chi connectivity index (χ0n) is 17.1. The Balaban J connectivity index is 1.85. The lowest BCUT2D eigenvalue weighted by atomic mass is 9.85. The Kier molecular flexibility index (Phi) is 5.92. The maximum Gasteiger partial charge on any atom is 0.411 e. The molecule has 0 aromatic heterocycles. The lowest BCUT2D eigenvalue weighted by Gasteiger charge is -2.33. The second-order valence-electron chi connectivity index (χ2n) is 8.44. The van der Waals surface area contributed by atoms with Gasteiger partial charge in [-0.05, 0) is 57.1 Å². The fourth-order valence-electron chi connectivity index (χ4n) is 3.95. The molecule has 1 fully saturated rings. The number of hydrogen-bond acceptors (Lipinski definition) is 4. The van der Waals surface area contributed by atoms with Crippen molar-refractivity contribution in [1.82, 2.24) is 4.90 Å². The SMILES string of the molecule is COC(=O)[C@@H]1C[C@@H]2CCC(/C=C/c3ccccc3)=C[C@@H]2N1C(=O)OC(C)(C)C. The van der Waals surface area contributed by atoms with E-state index in [-0.39, 0.29) is 17.9 Å². The standard InChI is InChI=1S/C23H29NO4/c1-23(2,3)28-22(26)24-19-14-17(11-10-16-8-6-5-7-9-16)12-13-18(19)15-20(24)21(25)27-4/h5-11,14,18-20H,12-13,15H2,1-4H3/b11-10+/t18-,19-,20-/m0/s1. The fraction of sp³-hybridized carbons (Fsp3) is 0.478. The summed E-state index contributed by atoms with van der Waals surface area (Å²) in [5.74, 6) is -0.138. The van der Waals surface area contributed by atoms with Crippen LogP contribution < -0.4 is 0 Å². The molecule has 5 heteroatoms. The molecule has 150 valence electrons. The van der Waals surface area contributed by atoms with Crippen molar-refractivity contribution in [2.75, 3.05) is 7.11 Å². The van der Waals surface area contributed by atoms with Crippen LogP contribution in [0.25, 0.3) is 6.08 Å². The third-order valence-electron chi connectivity index (χ3n) is 5.22. The topological polar surface area (TPSA) is 55.8 Å². The van der Waals surface area contributed by atoms with Crippen LogP contribution in [0.2, 0.25) is 0 Å². The van der Waals surface area contributed by atoms with Crippen molar-refractivity contribution >= 4 is 18.1 Å². The van der Waals surface area contributed by atoms with E-state index in [0.29, 0.717) is 6.42 Å². The summed E-state index contributed by atoms with van der Waals surface area (Å²) in [7, 11) is 1.36. The fourth-order valence-corrected chi connectivity index (χ4v) is 3.95. The highest BCUT2D eigenvalue weighted by atomic mass is 16.6. The number of ether oxygens (including phenoxy) is 2. The molecule has 1 saturated heterocycles. The number of esters is 1. The van der Waals surface area contributed by atoms with E-state index >= 15 is 0 Å². The first-order valence-corrected chi connectivity index (χ1v) is 9.81. The molecule has 1 heterocycles. The zero-order valence-corrected chi connectivity index (χ0v) is 17.1. The molecule has 28 heavy (non-hydrogen) atoms. The monoisotopic (exact) mass is 383 g/mol. The quantitative estimate of drug-likeness (QED) is 0.717. The molecule has 0 spiro atoms. The van der Waals surface area contributed by atoms with Gasteiger partial charge in [0.05, 0.1) is 13.2 Å². The van der Waals surface area contributed by atoms with Gasteiger partial charge < -0.3 is 9.47 Å². The number of rotatable bonds is 3. The van der Waals surface area contributed by atoms with Gasteiger partial charge >= 0.3 is 12.1 Å². The minimum Gasteiger partial charge on any atom is -0.467 e. The summed E-state index contributed by atoms with van der Waals surface area (Å²) in [6.07, 6.45) is 8.31. The van der Waals surface area contributed by atoms with Gasteiger partial charge in [0, 0.05) is 0 Å². The normalized spacial score (nSPS) is 24.6. The summed E-state index contributed by atoms with van der Waals surface area (Å²) in [5.41, 5.74) is 1.68. The molecule has 5 nitrogen and oxygen atoms in total. The van der Waals surface area contributed by atoms with E-state index in [2.05, 4.69) is 30.4 Å². The average molecular weight is 383 g/mol. The van der Waals surface area contributed by atoms with E-state index in [9.17, 15) is 9.59 Å². The Morgan fingerprint density at radius 1 is 1.14 bits per heavy atom. The Labute approximate surface area is 167 Å². The van der Waals surface area contributed by atoms with Gasteiger partial charge in [0.15, 0.2) is 0 Å². The van der Waals surface area contributed by atoms with Crippen LogP contribution in [0.15, 0.2) is 48.1 Å². The molecule has 0 bridgehead atoms. The number of hydrogen-bond donors (Lipinski definition) is 0. The van der Waals surface area contributed by atoms with Crippen LogP contribution in [0.4, 0.5) is 4.79 Å². The van der Waals surface area contributed by atoms with Crippen LogP contribution in [0.1, 0.15) is 45.6 Å². The molecule has 1 aromatic rings. The zero-order chi connectivity index (χ0) is 20.3. The number of benzene rings is 1. The molecular formula is C23H29NO4. The van der Waals surface area contributed by atoms with Crippen molar-refractivity contribution in [2.24, 2.45) is 5.92 Å².